The number of hydrogen-bond donors (Lipinski definition) is 0. The van der Waals surface area contributed by atoms with Crippen LogP contribution >= 0.6 is 0 Å². The van der Waals surface area contributed by atoms with Crippen molar-refractivity contribution in [2.75, 3.05) is 26.9 Å². The van der Waals surface area contributed by atoms with Gasteiger partial charge in [-0.15, -0.1) is 0 Å². The molecule has 35 heavy (non-hydrogen) atoms. The monoisotopic (exact) mass is 479 g/mol. The lowest BCUT2D eigenvalue weighted by Gasteiger charge is -2.29. The fourth-order valence-electron chi connectivity index (χ4n) is 4.62. The van der Waals surface area contributed by atoms with Crippen molar-refractivity contribution in [3.8, 4) is 17.2 Å². The number of nitrogens with zero attached hydrogens (tertiary/aromatic N) is 1. The molecule has 1 aliphatic rings. The molecular formula is C30H41NO4. The molecule has 1 aliphatic carbocycles. The second-order valence-corrected chi connectivity index (χ2v) is 9.37. The molecule has 0 aliphatic heterocycles. The summed E-state index contributed by atoms with van der Waals surface area (Å²) < 4.78 is 18.2. The maximum atomic E-state index is 6.29. The average Bonchev–Trinajstić information content (AvgIpc) is 2.87. The molecule has 5 heteroatoms. The Hall–Kier alpha value is -2.95. The van der Waals surface area contributed by atoms with E-state index in [-0.39, 0.29) is 0 Å². The number of ether oxygens (including phenoxy) is 3. The van der Waals surface area contributed by atoms with Crippen LogP contribution in [0.4, 0.5) is 0 Å². The van der Waals surface area contributed by atoms with Gasteiger partial charge in [-0.3, -0.25) is 0 Å². The second kappa shape index (κ2) is 13.8. The lowest BCUT2D eigenvalue weighted by Crippen LogP contribution is -2.23. The zero-order valence-electron chi connectivity index (χ0n) is 22.0. The van der Waals surface area contributed by atoms with E-state index in [1.165, 1.54) is 25.7 Å². The normalized spacial score (nSPS) is 18.5. The quantitative estimate of drug-likeness (QED) is 0.182. The maximum Gasteiger partial charge on any atom is 0.125 e. The van der Waals surface area contributed by atoms with Crippen molar-refractivity contribution in [1.29, 1.82) is 0 Å². The highest BCUT2D eigenvalue weighted by atomic mass is 16.6. The molecular weight excluding hydrogens is 438 g/mol. The first kappa shape index (κ1) is 26.7. The third-order valence-electron chi connectivity index (χ3n) is 6.66. The minimum absolute atomic E-state index is 0.594. The fourth-order valence-corrected chi connectivity index (χ4v) is 4.62. The Bertz CT molecular complexity index is 949. The molecule has 0 N–H and O–H groups in total. The van der Waals surface area contributed by atoms with E-state index in [2.05, 4.69) is 50.2 Å². The molecule has 5 nitrogen and oxygen atoms in total. The summed E-state index contributed by atoms with van der Waals surface area (Å²) in [5, 5.41) is 4.09. The Morgan fingerprint density at radius 1 is 0.886 bits per heavy atom. The van der Waals surface area contributed by atoms with E-state index >= 15 is 0 Å². The Morgan fingerprint density at radius 3 is 2.03 bits per heavy atom. The predicted octanol–water partition coefficient (Wildman–Crippen LogP) is 7.28. The SMILES string of the molecule is C/C=C/COc1cc(C)c(OCC2CCC(COc3ccc(/C(CC)=N/OC)cc3)CC2)c(C)c1. The number of rotatable bonds is 12. The first-order valence-electron chi connectivity index (χ1n) is 12.8. The highest BCUT2D eigenvalue weighted by Gasteiger charge is 2.23. The summed E-state index contributed by atoms with van der Waals surface area (Å²) in [5.74, 6) is 4.01. The van der Waals surface area contributed by atoms with Gasteiger partial charge in [0.25, 0.3) is 0 Å². The Kier molecular flexibility index (Phi) is 10.5. The van der Waals surface area contributed by atoms with Gasteiger partial charge in [0.05, 0.1) is 18.9 Å². The van der Waals surface area contributed by atoms with Gasteiger partial charge in [0.1, 0.15) is 31.0 Å². The van der Waals surface area contributed by atoms with Gasteiger partial charge in [-0.2, -0.15) is 0 Å². The van der Waals surface area contributed by atoms with Gasteiger partial charge in [-0.1, -0.05) is 24.2 Å². The smallest absolute Gasteiger partial charge is 0.125 e. The number of aryl methyl sites for hydroxylation is 2. The molecule has 1 fully saturated rings. The van der Waals surface area contributed by atoms with Crippen molar-refractivity contribution in [1.82, 2.24) is 0 Å². The molecule has 0 aromatic heterocycles. The van der Waals surface area contributed by atoms with Crippen LogP contribution in [0.5, 0.6) is 17.2 Å². The van der Waals surface area contributed by atoms with Gasteiger partial charge in [-0.05, 0) is 118 Å². The average molecular weight is 480 g/mol. The minimum atomic E-state index is 0.594. The predicted molar refractivity (Wildman–Crippen MR) is 143 cm³/mol. The number of oxime groups is 1. The van der Waals surface area contributed by atoms with Gasteiger partial charge in [0.15, 0.2) is 0 Å². The maximum absolute atomic E-state index is 6.29. The molecule has 0 atom stereocenters. The first-order valence-corrected chi connectivity index (χ1v) is 12.8. The van der Waals surface area contributed by atoms with E-state index in [4.69, 9.17) is 19.0 Å². The van der Waals surface area contributed by atoms with E-state index in [9.17, 15) is 0 Å². The van der Waals surface area contributed by atoms with E-state index in [1.807, 2.05) is 31.2 Å². The molecule has 0 amide bonds. The highest BCUT2D eigenvalue weighted by Crippen LogP contribution is 2.33. The minimum Gasteiger partial charge on any atom is -0.493 e. The number of benzene rings is 2. The fraction of sp³-hybridized carbons (Fsp3) is 0.500. The molecule has 0 radical (unpaired) electrons. The number of hydrogen-bond acceptors (Lipinski definition) is 5. The summed E-state index contributed by atoms with van der Waals surface area (Å²) in [7, 11) is 1.58. The molecule has 0 heterocycles. The van der Waals surface area contributed by atoms with Crippen LogP contribution in [-0.4, -0.2) is 32.6 Å². The third-order valence-corrected chi connectivity index (χ3v) is 6.66. The summed E-state index contributed by atoms with van der Waals surface area (Å²) in [6.07, 6.45) is 9.57. The molecule has 0 bridgehead atoms. The van der Waals surface area contributed by atoms with Crippen LogP contribution in [0.2, 0.25) is 0 Å². The van der Waals surface area contributed by atoms with E-state index in [0.29, 0.717) is 18.4 Å². The lowest BCUT2D eigenvalue weighted by molar-refractivity contribution is 0.147. The number of allylic oxidation sites excluding steroid dienone is 1. The van der Waals surface area contributed by atoms with Crippen LogP contribution < -0.4 is 14.2 Å². The Labute approximate surface area is 211 Å². The zero-order chi connectivity index (χ0) is 25.0. The van der Waals surface area contributed by atoms with Crippen LogP contribution in [0.25, 0.3) is 0 Å². The molecule has 1 saturated carbocycles. The van der Waals surface area contributed by atoms with Crippen LogP contribution in [0.3, 0.4) is 0 Å². The highest BCUT2D eigenvalue weighted by molar-refractivity contribution is 6.00. The molecule has 190 valence electrons. The van der Waals surface area contributed by atoms with Gasteiger partial charge in [-0.25, -0.2) is 0 Å². The van der Waals surface area contributed by atoms with Crippen LogP contribution in [0.1, 0.15) is 62.6 Å². The summed E-state index contributed by atoms with van der Waals surface area (Å²) in [6, 6.07) is 12.3. The molecule has 0 saturated heterocycles. The Morgan fingerprint density at radius 2 is 1.49 bits per heavy atom. The van der Waals surface area contributed by atoms with Crippen LogP contribution in [-0.2, 0) is 4.84 Å². The van der Waals surface area contributed by atoms with Gasteiger partial charge < -0.3 is 19.0 Å². The standard InChI is InChI=1S/C30H41NO4/c1-6-8-17-33-28-18-22(3)30(23(4)19-28)35-21-25-11-9-24(10-12-25)20-34-27-15-13-26(14-16-27)29(7-2)31-32-5/h6,8,13-16,18-19,24-25H,7,9-12,17,20-21H2,1-5H3/b8-6+,31-29+. The van der Waals surface area contributed by atoms with Gasteiger partial charge in [0, 0.05) is 0 Å². The first-order chi connectivity index (χ1) is 17.0. The molecule has 0 unspecified atom stereocenters. The molecule has 3 rings (SSSR count). The summed E-state index contributed by atoms with van der Waals surface area (Å²) >= 11 is 0. The topological polar surface area (TPSA) is 49.3 Å². The van der Waals surface area contributed by atoms with Crippen molar-refractivity contribution in [2.24, 2.45) is 17.0 Å². The van der Waals surface area contributed by atoms with E-state index in [1.54, 1.807) is 7.11 Å². The molecule has 0 spiro atoms. The van der Waals surface area contributed by atoms with Crippen molar-refractivity contribution in [3.63, 3.8) is 0 Å². The molecule has 2 aromatic rings. The van der Waals surface area contributed by atoms with Crippen molar-refractivity contribution < 1.29 is 19.0 Å². The summed E-state index contributed by atoms with van der Waals surface area (Å²) in [4.78, 5) is 4.93. The lowest BCUT2D eigenvalue weighted by atomic mass is 9.83. The van der Waals surface area contributed by atoms with E-state index in [0.717, 1.165) is 59.3 Å². The van der Waals surface area contributed by atoms with Crippen molar-refractivity contribution >= 4 is 5.71 Å². The second-order valence-electron chi connectivity index (χ2n) is 9.37. The summed E-state index contributed by atoms with van der Waals surface area (Å²) in [6.45, 7) is 10.4. The largest absolute Gasteiger partial charge is 0.493 e. The van der Waals surface area contributed by atoms with Crippen molar-refractivity contribution in [2.45, 2.75) is 59.8 Å². The molecule has 2 aromatic carbocycles. The zero-order valence-corrected chi connectivity index (χ0v) is 22.0. The van der Waals surface area contributed by atoms with Gasteiger partial charge >= 0.3 is 0 Å². The third kappa shape index (κ3) is 8.05. The summed E-state index contributed by atoms with van der Waals surface area (Å²) in [5.41, 5.74) is 4.28. The van der Waals surface area contributed by atoms with Crippen molar-refractivity contribution in [3.05, 3.63) is 65.2 Å². The van der Waals surface area contributed by atoms with E-state index < -0.39 is 0 Å². The Balaban J connectivity index is 1.41. The van der Waals surface area contributed by atoms with Gasteiger partial charge in [0.2, 0.25) is 0 Å². The van der Waals surface area contributed by atoms with Crippen LogP contribution in [0.15, 0.2) is 53.7 Å². The van der Waals surface area contributed by atoms with Crippen LogP contribution in [0, 0.1) is 25.7 Å².